The monoisotopic (exact) mass is 411 g/mol. The predicted molar refractivity (Wildman–Crippen MR) is 131 cm³/mol. The number of para-hydroxylation sites is 1. The van der Waals surface area contributed by atoms with Gasteiger partial charge >= 0.3 is 0 Å². The van der Waals surface area contributed by atoms with Gasteiger partial charge in [-0.1, -0.05) is 68.4 Å². The first kappa shape index (κ1) is 17.7. The van der Waals surface area contributed by atoms with Crippen LogP contribution in [0.4, 0.5) is 0 Å². The van der Waals surface area contributed by atoms with Crippen LogP contribution in [0.1, 0.15) is 25.0 Å². The van der Waals surface area contributed by atoms with Gasteiger partial charge in [0.25, 0.3) is 0 Å². The van der Waals surface area contributed by atoms with E-state index in [2.05, 4.69) is 101 Å². The van der Waals surface area contributed by atoms with Crippen LogP contribution in [0.3, 0.4) is 0 Å². The molecule has 3 heteroatoms. The standard InChI is InChI=1S/C29H21N3/c1-29(2)23-10-5-3-9-20(23)27-21-17-22-19-8-4-6-11-25(19)32(28-30-14-7-15-31-28)26(22)16-18(21)12-13-24(27)29/h3-17H,1-2H3. The summed E-state index contributed by atoms with van der Waals surface area (Å²) in [4.78, 5) is 9.12. The van der Waals surface area contributed by atoms with E-state index in [1.165, 1.54) is 43.8 Å². The lowest BCUT2D eigenvalue weighted by molar-refractivity contribution is 0.661. The third kappa shape index (κ3) is 2.15. The van der Waals surface area contributed by atoms with Gasteiger partial charge in [0.05, 0.1) is 11.0 Å². The summed E-state index contributed by atoms with van der Waals surface area (Å²) in [7, 11) is 0. The van der Waals surface area contributed by atoms with Crippen LogP contribution in [0.2, 0.25) is 0 Å². The Balaban J connectivity index is 1.66. The van der Waals surface area contributed by atoms with Crippen LogP contribution in [-0.2, 0) is 5.41 Å². The Labute approximate surface area is 186 Å². The first-order valence-electron chi connectivity index (χ1n) is 11.0. The van der Waals surface area contributed by atoms with Gasteiger partial charge in [-0.2, -0.15) is 0 Å². The Morgan fingerprint density at radius 3 is 2.31 bits per heavy atom. The number of nitrogens with zero attached hydrogens (tertiary/aromatic N) is 3. The van der Waals surface area contributed by atoms with Crippen LogP contribution < -0.4 is 0 Å². The summed E-state index contributed by atoms with van der Waals surface area (Å²) in [6, 6.07) is 28.5. The molecule has 0 saturated carbocycles. The maximum absolute atomic E-state index is 4.56. The molecule has 1 aliphatic rings. The molecule has 32 heavy (non-hydrogen) atoms. The highest BCUT2D eigenvalue weighted by Gasteiger charge is 2.36. The summed E-state index contributed by atoms with van der Waals surface area (Å²) >= 11 is 0. The van der Waals surface area contributed by atoms with Crippen molar-refractivity contribution < 1.29 is 0 Å². The third-order valence-electron chi connectivity index (χ3n) is 7.11. The molecule has 2 aromatic heterocycles. The van der Waals surface area contributed by atoms with Crippen molar-refractivity contribution in [2.45, 2.75) is 19.3 Å². The van der Waals surface area contributed by atoms with Crippen molar-refractivity contribution in [3.63, 3.8) is 0 Å². The van der Waals surface area contributed by atoms with E-state index in [1.807, 2.05) is 6.07 Å². The molecule has 2 heterocycles. The Bertz CT molecular complexity index is 1690. The second kappa shape index (κ2) is 6.04. The first-order valence-corrected chi connectivity index (χ1v) is 11.0. The minimum Gasteiger partial charge on any atom is -0.278 e. The molecule has 0 spiro atoms. The molecule has 0 atom stereocenters. The van der Waals surface area contributed by atoms with E-state index in [0.717, 1.165) is 11.0 Å². The molecule has 0 radical (unpaired) electrons. The molecule has 1 aliphatic carbocycles. The van der Waals surface area contributed by atoms with Gasteiger partial charge in [-0.3, -0.25) is 4.57 Å². The fourth-order valence-electron chi connectivity index (χ4n) is 5.61. The molecular formula is C29H21N3. The topological polar surface area (TPSA) is 30.7 Å². The quantitative estimate of drug-likeness (QED) is 0.291. The summed E-state index contributed by atoms with van der Waals surface area (Å²) in [5.41, 5.74) is 7.80. The molecular weight excluding hydrogens is 390 g/mol. The van der Waals surface area contributed by atoms with Gasteiger partial charge in [-0.05, 0) is 57.3 Å². The van der Waals surface area contributed by atoms with E-state index in [9.17, 15) is 0 Å². The van der Waals surface area contributed by atoms with Gasteiger partial charge in [-0.25, -0.2) is 9.97 Å². The largest absolute Gasteiger partial charge is 0.278 e. The van der Waals surface area contributed by atoms with Gasteiger partial charge in [0.15, 0.2) is 0 Å². The lowest BCUT2D eigenvalue weighted by atomic mass is 9.82. The minimum atomic E-state index is 0.000944. The van der Waals surface area contributed by atoms with Crippen molar-refractivity contribution in [3.8, 4) is 17.1 Å². The molecule has 6 aromatic rings. The van der Waals surface area contributed by atoms with Crippen molar-refractivity contribution in [1.82, 2.24) is 14.5 Å². The highest BCUT2D eigenvalue weighted by molar-refractivity contribution is 6.16. The van der Waals surface area contributed by atoms with Gasteiger partial charge in [-0.15, -0.1) is 0 Å². The van der Waals surface area contributed by atoms with E-state index in [1.54, 1.807) is 12.4 Å². The number of hydrogen-bond acceptors (Lipinski definition) is 2. The zero-order valence-electron chi connectivity index (χ0n) is 18.0. The van der Waals surface area contributed by atoms with E-state index in [0.29, 0.717) is 5.95 Å². The molecule has 3 nitrogen and oxygen atoms in total. The molecule has 0 saturated heterocycles. The van der Waals surface area contributed by atoms with Gasteiger partial charge < -0.3 is 0 Å². The smallest absolute Gasteiger partial charge is 0.234 e. The molecule has 7 rings (SSSR count). The van der Waals surface area contributed by atoms with E-state index in [4.69, 9.17) is 0 Å². The van der Waals surface area contributed by atoms with Gasteiger partial charge in [0.1, 0.15) is 0 Å². The maximum atomic E-state index is 4.56. The summed E-state index contributed by atoms with van der Waals surface area (Å²) in [5, 5.41) is 5.00. The number of fused-ring (bicyclic) bond motifs is 8. The van der Waals surface area contributed by atoms with E-state index >= 15 is 0 Å². The second-order valence-electron chi connectivity index (χ2n) is 9.15. The lowest BCUT2D eigenvalue weighted by Crippen LogP contribution is -2.14. The predicted octanol–water partition coefficient (Wildman–Crippen LogP) is 7.03. The number of hydrogen-bond donors (Lipinski definition) is 0. The fraction of sp³-hybridized carbons (Fsp3) is 0.103. The lowest BCUT2D eigenvalue weighted by Gasteiger charge is -2.21. The summed E-state index contributed by atoms with van der Waals surface area (Å²) in [5.74, 6) is 0.700. The maximum Gasteiger partial charge on any atom is 0.234 e. The SMILES string of the molecule is CC1(C)c2ccccc2-c2c1ccc1cc3c(cc21)c1ccccc1n3-c1ncccn1. The Hall–Kier alpha value is -3.98. The molecule has 0 bridgehead atoms. The van der Waals surface area contributed by atoms with Gasteiger partial charge in [0, 0.05) is 28.6 Å². The van der Waals surface area contributed by atoms with Crippen LogP contribution in [0.5, 0.6) is 0 Å². The first-order chi connectivity index (χ1) is 15.6. The molecule has 0 N–H and O–H groups in total. The van der Waals surface area contributed by atoms with Crippen molar-refractivity contribution in [1.29, 1.82) is 0 Å². The summed E-state index contributed by atoms with van der Waals surface area (Å²) in [6.07, 6.45) is 3.60. The third-order valence-corrected chi connectivity index (χ3v) is 7.11. The summed E-state index contributed by atoms with van der Waals surface area (Å²) < 4.78 is 2.18. The van der Waals surface area contributed by atoms with Crippen molar-refractivity contribution in [3.05, 3.63) is 102 Å². The summed E-state index contributed by atoms with van der Waals surface area (Å²) in [6.45, 7) is 4.67. The highest BCUT2D eigenvalue weighted by atomic mass is 15.1. The highest BCUT2D eigenvalue weighted by Crippen LogP contribution is 2.51. The van der Waals surface area contributed by atoms with E-state index < -0.39 is 0 Å². The zero-order valence-corrected chi connectivity index (χ0v) is 18.0. The average molecular weight is 412 g/mol. The Morgan fingerprint density at radius 2 is 1.44 bits per heavy atom. The average Bonchev–Trinajstić information content (AvgIpc) is 3.27. The van der Waals surface area contributed by atoms with Crippen LogP contribution in [0, 0.1) is 0 Å². The molecule has 4 aromatic carbocycles. The zero-order chi connectivity index (χ0) is 21.4. The van der Waals surface area contributed by atoms with Crippen LogP contribution in [0.15, 0.2) is 91.3 Å². The van der Waals surface area contributed by atoms with Crippen LogP contribution in [0.25, 0.3) is 49.7 Å². The van der Waals surface area contributed by atoms with Crippen molar-refractivity contribution >= 4 is 32.6 Å². The van der Waals surface area contributed by atoms with Crippen LogP contribution in [-0.4, -0.2) is 14.5 Å². The number of rotatable bonds is 1. The Kier molecular flexibility index (Phi) is 3.34. The van der Waals surface area contributed by atoms with Crippen LogP contribution >= 0.6 is 0 Å². The number of aromatic nitrogens is 3. The van der Waals surface area contributed by atoms with Crippen molar-refractivity contribution in [2.24, 2.45) is 0 Å². The van der Waals surface area contributed by atoms with Crippen molar-refractivity contribution in [2.75, 3.05) is 0 Å². The fourth-order valence-corrected chi connectivity index (χ4v) is 5.61. The molecule has 0 unspecified atom stereocenters. The molecule has 0 aliphatic heterocycles. The molecule has 152 valence electrons. The van der Waals surface area contributed by atoms with E-state index in [-0.39, 0.29) is 5.41 Å². The van der Waals surface area contributed by atoms with Gasteiger partial charge in [0.2, 0.25) is 5.95 Å². The Morgan fingerprint density at radius 1 is 0.656 bits per heavy atom. The molecule has 0 amide bonds. The normalized spacial score (nSPS) is 14.2. The minimum absolute atomic E-state index is 0.000944. The second-order valence-corrected chi connectivity index (χ2v) is 9.15. The molecule has 0 fully saturated rings. The number of benzene rings is 4.